The summed E-state index contributed by atoms with van der Waals surface area (Å²) >= 11 is 0. The molecular formula is C9H16F2N2O. The molecule has 3 N–H and O–H groups in total. The molecule has 0 aromatic carbocycles. The summed E-state index contributed by atoms with van der Waals surface area (Å²) in [6.45, 7) is 1.71. The van der Waals surface area contributed by atoms with E-state index in [4.69, 9.17) is 5.73 Å². The van der Waals surface area contributed by atoms with E-state index in [0.29, 0.717) is 6.42 Å². The lowest BCUT2D eigenvalue weighted by Gasteiger charge is -2.13. The molecule has 3 nitrogen and oxygen atoms in total. The number of alkyl halides is 2. The largest absolute Gasteiger partial charge is 0.353 e. The van der Waals surface area contributed by atoms with Gasteiger partial charge in [0.25, 0.3) is 0 Å². The number of hydrogen-bond acceptors (Lipinski definition) is 2. The van der Waals surface area contributed by atoms with Crippen molar-refractivity contribution in [3.63, 3.8) is 0 Å². The summed E-state index contributed by atoms with van der Waals surface area (Å²) in [5, 5.41) is 2.57. The van der Waals surface area contributed by atoms with Crippen molar-refractivity contribution in [1.29, 1.82) is 0 Å². The van der Waals surface area contributed by atoms with Crippen LogP contribution in [-0.4, -0.2) is 23.9 Å². The summed E-state index contributed by atoms with van der Waals surface area (Å²) in [5.74, 6) is -2.84. The number of halogens is 2. The van der Waals surface area contributed by atoms with Gasteiger partial charge in [0, 0.05) is 31.3 Å². The molecule has 82 valence electrons. The summed E-state index contributed by atoms with van der Waals surface area (Å²) in [7, 11) is 0. The van der Waals surface area contributed by atoms with E-state index in [-0.39, 0.29) is 37.3 Å². The molecule has 2 atom stereocenters. The first-order valence-electron chi connectivity index (χ1n) is 4.82. The number of nitrogens with two attached hydrogens (primary N) is 1. The molecule has 14 heavy (non-hydrogen) atoms. The Morgan fingerprint density at radius 1 is 1.71 bits per heavy atom. The van der Waals surface area contributed by atoms with Crippen molar-refractivity contribution in [2.24, 2.45) is 5.73 Å². The summed E-state index contributed by atoms with van der Waals surface area (Å²) in [4.78, 5) is 11.2. The normalized spacial score (nSPS) is 27.3. The SMILES string of the molecule is CC(N)CC(=O)NC1CCC(F)(F)C1. The Hall–Kier alpha value is -0.710. The van der Waals surface area contributed by atoms with E-state index >= 15 is 0 Å². The van der Waals surface area contributed by atoms with Gasteiger partial charge in [-0.05, 0) is 13.3 Å². The lowest BCUT2D eigenvalue weighted by Crippen LogP contribution is -2.36. The van der Waals surface area contributed by atoms with Gasteiger partial charge in [-0.1, -0.05) is 0 Å². The standard InChI is InChI=1S/C9H16F2N2O/c1-6(12)4-8(14)13-7-2-3-9(10,11)5-7/h6-7H,2-5,12H2,1H3,(H,13,14). The van der Waals surface area contributed by atoms with E-state index in [1.165, 1.54) is 0 Å². The van der Waals surface area contributed by atoms with Crippen LogP contribution in [0.4, 0.5) is 8.78 Å². The van der Waals surface area contributed by atoms with Crippen molar-refractivity contribution in [1.82, 2.24) is 5.32 Å². The molecule has 0 heterocycles. The molecule has 0 radical (unpaired) electrons. The van der Waals surface area contributed by atoms with Crippen LogP contribution in [0.15, 0.2) is 0 Å². The second-order valence-electron chi connectivity index (χ2n) is 4.04. The molecule has 1 rings (SSSR count). The van der Waals surface area contributed by atoms with Crippen LogP contribution in [0.25, 0.3) is 0 Å². The topological polar surface area (TPSA) is 55.1 Å². The van der Waals surface area contributed by atoms with Crippen LogP contribution in [0.1, 0.15) is 32.6 Å². The van der Waals surface area contributed by atoms with E-state index in [0.717, 1.165) is 0 Å². The number of amides is 1. The quantitative estimate of drug-likeness (QED) is 0.724. The second kappa shape index (κ2) is 4.21. The number of rotatable bonds is 3. The summed E-state index contributed by atoms with van der Waals surface area (Å²) in [5.41, 5.74) is 5.41. The molecular weight excluding hydrogens is 190 g/mol. The van der Waals surface area contributed by atoms with E-state index in [2.05, 4.69) is 5.32 Å². The molecule has 1 aliphatic carbocycles. The first kappa shape index (κ1) is 11.4. The van der Waals surface area contributed by atoms with Gasteiger partial charge in [-0.2, -0.15) is 0 Å². The molecule has 1 amide bonds. The third kappa shape index (κ3) is 3.57. The van der Waals surface area contributed by atoms with Gasteiger partial charge in [-0.3, -0.25) is 4.79 Å². The average Bonchev–Trinajstić information content (AvgIpc) is 2.27. The third-order valence-electron chi connectivity index (χ3n) is 2.28. The van der Waals surface area contributed by atoms with Crippen molar-refractivity contribution < 1.29 is 13.6 Å². The molecule has 5 heteroatoms. The second-order valence-corrected chi connectivity index (χ2v) is 4.04. The Morgan fingerprint density at radius 2 is 2.36 bits per heavy atom. The maximum Gasteiger partial charge on any atom is 0.250 e. The van der Waals surface area contributed by atoms with Gasteiger partial charge in [0.15, 0.2) is 0 Å². The third-order valence-corrected chi connectivity index (χ3v) is 2.28. The highest BCUT2D eigenvalue weighted by Gasteiger charge is 2.39. The minimum atomic E-state index is -2.60. The van der Waals surface area contributed by atoms with Gasteiger partial charge in [-0.25, -0.2) is 8.78 Å². The average molecular weight is 206 g/mol. The van der Waals surface area contributed by atoms with Crippen molar-refractivity contribution in [2.75, 3.05) is 0 Å². The van der Waals surface area contributed by atoms with E-state index in [1.807, 2.05) is 0 Å². The Kier molecular flexibility index (Phi) is 3.42. The Labute approximate surface area is 82.0 Å². The molecule has 0 aromatic heterocycles. The van der Waals surface area contributed by atoms with E-state index in [9.17, 15) is 13.6 Å². The van der Waals surface area contributed by atoms with Gasteiger partial charge >= 0.3 is 0 Å². The molecule has 0 aromatic rings. The van der Waals surface area contributed by atoms with Crippen molar-refractivity contribution in [2.45, 2.75) is 50.6 Å². The molecule has 2 unspecified atom stereocenters. The molecule has 1 saturated carbocycles. The Bertz CT molecular complexity index is 219. The van der Waals surface area contributed by atoms with Crippen LogP contribution in [0.2, 0.25) is 0 Å². The molecule has 0 spiro atoms. The van der Waals surface area contributed by atoms with Crippen molar-refractivity contribution in [3.05, 3.63) is 0 Å². The zero-order valence-electron chi connectivity index (χ0n) is 8.22. The first-order valence-corrected chi connectivity index (χ1v) is 4.82. The lowest BCUT2D eigenvalue weighted by molar-refractivity contribution is -0.122. The van der Waals surface area contributed by atoms with Crippen molar-refractivity contribution in [3.8, 4) is 0 Å². The van der Waals surface area contributed by atoms with Gasteiger partial charge in [0.2, 0.25) is 11.8 Å². The molecule has 0 aliphatic heterocycles. The molecule has 1 aliphatic rings. The minimum Gasteiger partial charge on any atom is -0.353 e. The highest BCUT2D eigenvalue weighted by Crippen LogP contribution is 2.34. The summed E-state index contributed by atoms with van der Waals surface area (Å²) in [6.07, 6.45) is 0.188. The fourth-order valence-electron chi connectivity index (χ4n) is 1.65. The fraction of sp³-hybridized carbons (Fsp3) is 0.889. The Balaban J connectivity index is 2.29. The molecule has 0 saturated heterocycles. The predicted octanol–water partition coefficient (Wildman–Crippen LogP) is 1.03. The predicted molar refractivity (Wildman–Crippen MR) is 49.0 cm³/mol. The van der Waals surface area contributed by atoms with Crippen LogP contribution < -0.4 is 11.1 Å². The number of carbonyl (C=O) groups excluding carboxylic acids is 1. The smallest absolute Gasteiger partial charge is 0.250 e. The minimum absolute atomic E-state index is 0.129. The zero-order chi connectivity index (χ0) is 10.8. The zero-order valence-corrected chi connectivity index (χ0v) is 8.22. The monoisotopic (exact) mass is 206 g/mol. The summed E-state index contributed by atoms with van der Waals surface area (Å²) in [6, 6.07) is -0.604. The van der Waals surface area contributed by atoms with E-state index in [1.54, 1.807) is 6.92 Å². The van der Waals surface area contributed by atoms with Gasteiger partial charge in [0.05, 0.1) is 0 Å². The number of carbonyl (C=O) groups is 1. The fourth-order valence-corrected chi connectivity index (χ4v) is 1.65. The maximum absolute atomic E-state index is 12.7. The van der Waals surface area contributed by atoms with Crippen LogP contribution in [-0.2, 0) is 4.79 Å². The highest BCUT2D eigenvalue weighted by molar-refractivity contribution is 5.76. The summed E-state index contributed by atoms with van der Waals surface area (Å²) < 4.78 is 25.5. The first-order chi connectivity index (χ1) is 6.39. The number of hydrogen-bond donors (Lipinski definition) is 2. The van der Waals surface area contributed by atoms with Crippen LogP contribution in [0.3, 0.4) is 0 Å². The van der Waals surface area contributed by atoms with Crippen molar-refractivity contribution >= 4 is 5.91 Å². The Morgan fingerprint density at radius 3 is 2.79 bits per heavy atom. The number of nitrogens with one attached hydrogen (secondary N) is 1. The highest BCUT2D eigenvalue weighted by atomic mass is 19.3. The van der Waals surface area contributed by atoms with Gasteiger partial charge in [0.1, 0.15) is 0 Å². The molecule has 1 fully saturated rings. The van der Waals surface area contributed by atoms with Crippen LogP contribution in [0, 0.1) is 0 Å². The maximum atomic E-state index is 12.7. The van der Waals surface area contributed by atoms with Crippen LogP contribution in [0.5, 0.6) is 0 Å². The van der Waals surface area contributed by atoms with Gasteiger partial charge < -0.3 is 11.1 Å². The van der Waals surface area contributed by atoms with Gasteiger partial charge in [-0.15, -0.1) is 0 Å². The van der Waals surface area contributed by atoms with E-state index < -0.39 is 5.92 Å². The molecule has 0 bridgehead atoms. The lowest BCUT2D eigenvalue weighted by atomic mass is 10.2. The van der Waals surface area contributed by atoms with Crippen LogP contribution >= 0.6 is 0 Å².